The van der Waals surface area contributed by atoms with Gasteiger partial charge < -0.3 is 10.1 Å². The fourth-order valence-corrected chi connectivity index (χ4v) is 5.85. The quantitative estimate of drug-likeness (QED) is 0.533. The molecule has 2 heterocycles. The standard InChI is InChI=1S/C19H26ClN3O5S/c1-13-16(19(20)23(22-13)15-9-10-29(26,27)12-15)7-8-18(25)28-11-17(24)21-14-5-3-2-4-6-14/h7-8,14-15H,2-6,9-12H2,1H3,(H,21,24)/b8-7+/t15-/m1/s1. The zero-order valence-corrected chi connectivity index (χ0v) is 18.0. The average molecular weight is 444 g/mol. The van der Waals surface area contributed by atoms with Crippen LogP contribution in [0.15, 0.2) is 6.08 Å². The maximum atomic E-state index is 11.9. The van der Waals surface area contributed by atoms with Crippen LogP contribution in [-0.2, 0) is 24.2 Å². The molecule has 2 fully saturated rings. The van der Waals surface area contributed by atoms with Gasteiger partial charge in [-0.15, -0.1) is 0 Å². The summed E-state index contributed by atoms with van der Waals surface area (Å²) in [4.78, 5) is 23.9. The molecule has 0 spiro atoms. The Balaban J connectivity index is 1.54. The van der Waals surface area contributed by atoms with Crippen molar-refractivity contribution in [1.29, 1.82) is 0 Å². The van der Waals surface area contributed by atoms with Gasteiger partial charge in [-0.1, -0.05) is 30.9 Å². The van der Waals surface area contributed by atoms with E-state index in [1.807, 2.05) is 0 Å². The van der Waals surface area contributed by atoms with Crippen molar-refractivity contribution in [2.75, 3.05) is 18.1 Å². The molecule has 2 aliphatic rings. The average Bonchev–Trinajstić information content (AvgIpc) is 3.17. The monoisotopic (exact) mass is 443 g/mol. The summed E-state index contributed by atoms with van der Waals surface area (Å²) < 4.78 is 29.9. The normalized spacial score (nSPS) is 22.1. The Morgan fingerprint density at radius 3 is 2.66 bits per heavy atom. The third kappa shape index (κ3) is 5.82. The van der Waals surface area contributed by atoms with Crippen LogP contribution in [-0.4, -0.2) is 54.2 Å². The van der Waals surface area contributed by atoms with Crippen LogP contribution in [0.25, 0.3) is 6.08 Å². The van der Waals surface area contributed by atoms with E-state index in [2.05, 4.69) is 10.4 Å². The molecule has 0 unspecified atom stereocenters. The number of aryl methyl sites for hydroxylation is 1. The molecule has 1 amide bonds. The van der Waals surface area contributed by atoms with E-state index >= 15 is 0 Å². The van der Waals surface area contributed by atoms with Gasteiger partial charge in [0.1, 0.15) is 5.15 Å². The largest absolute Gasteiger partial charge is 0.452 e. The van der Waals surface area contributed by atoms with Gasteiger partial charge >= 0.3 is 5.97 Å². The number of esters is 1. The van der Waals surface area contributed by atoms with Gasteiger partial charge in [0, 0.05) is 17.7 Å². The number of nitrogens with zero attached hydrogens (tertiary/aromatic N) is 2. The predicted molar refractivity (Wildman–Crippen MR) is 109 cm³/mol. The number of amides is 1. The maximum absolute atomic E-state index is 11.9. The Kier molecular flexibility index (Phi) is 7.00. The molecule has 1 aliphatic carbocycles. The number of aromatic nitrogens is 2. The van der Waals surface area contributed by atoms with E-state index in [1.54, 1.807) is 6.92 Å². The van der Waals surface area contributed by atoms with Crippen LogP contribution in [0.4, 0.5) is 0 Å². The summed E-state index contributed by atoms with van der Waals surface area (Å²) in [6.45, 7) is 1.40. The highest BCUT2D eigenvalue weighted by molar-refractivity contribution is 7.91. The first-order valence-electron chi connectivity index (χ1n) is 9.84. The molecule has 1 N–H and O–H groups in total. The minimum absolute atomic E-state index is 0.00907. The second-order valence-corrected chi connectivity index (χ2v) is 10.2. The topological polar surface area (TPSA) is 107 Å². The Morgan fingerprint density at radius 2 is 2.00 bits per heavy atom. The number of ether oxygens (including phenoxy) is 1. The van der Waals surface area contributed by atoms with E-state index in [0.29, 0.717) is 17.7 Å². The fraction of sp³-hybridized carbons (Fsp3) is 0.632. The van der Waals surface area contributed by atoms with E-state index < -0.39 is 15.8 Å². The van der Waals surface area contributed by atoms with Gasteiger partial charge in [-0.25, -0.2) is 17.9 Å². The van der Waals surface area contributed by atoms with Crippen molar-refractivity contribution in [3.8, 4) is 0 Å². The van der Waals surface area contributed by atoms with Crippen LogP contribution in [0, 0.1) is 6.92 Å². The summed E-state index contributed by atoms with van der Waals surface area (Å²) in [5.74, 6) is -0.832. The van der Waals surface area contributed by atoms with E-state index in [4.69, 9.17) is 16.3 Å². The van der Waals surface area contributed by atoms with Crippen molar-refractivity contribution in [2.45, 2.75) is 57.5 Å². The summed E-state index contributed by atoms with van der Waals surface area (Å²) in [5.41, 5.74) is 1.11. The number of carbonyl (C=O) groups excluding carboxylic acids is 2. The van der Waals surface area contributed by atoms with Gasteiger partial charge in [-0.2, -0.15) is 5.10 Å². The Bertz CT molecular complexity index is 903. The minimum atomic E-state index is -3.07. The Labute approximate surface area is 175 Å². The van der Waals surface area contributed by atoms with Crippen LogP contribution in [0.5, 0.6) is 0 Å². The van der Waals surface area contributed by atoms with E-state index in [-0.39, 0.29) is 41.3 Å². The molecule has 1 saturated carbocycles. The number of halogens is 1. The smallest absolute Gasteiger partial charge is 0.331 e. The van der Waals surface area contributed by atoms with Crippen molar-refractivity contribution >= 4 is 39.4 Å². The summed E-state index contributed by atoms with van der Waals surface area (Å²) in [6, 6.07) is -0.138. The first-order chi connectivity index (χ1) is 13.7. The summed E-state index contributed by atoms with van der Waals surface area (Å²) in [5, 5.41) is 7.49. The lowest BCUT2D eigenvalue weighted by molar-refractivity contribution is -0.144. The van der Waals surface area contributed by atoms with Crippen molar-refractivity contribution in [1.82, 2.24) is 15.1 Å². The van der Waals surface area contributed by atoms with Gasteiger partial charge in [-0.05, 0) is 32.3 Å². The number of rotatable bonds is 6. The molecule has 160 valence electrons. The number of hydrogen-bond donors (Lipinski definition) is 1. The van der Waals surface area contributed by atoms with Crippen LogP contribution >= 0.6 is 11.6 Å². The number of hydrogen-bond acceptors (Lipinski definition) is 6. The van der Waals surface area contributed by atoms with Crippen LogP contribution in [0.1, 0.15) is 55.8 Å². The molecule has 3 rings (SSSR count). The Hall–Kier alpha value is -1.87. The summed E-state index contributed by atoms with van der Waals surface area (Å²) >= 11 is 6.36. The lowest BCUT2D eigenvalue weighted by Gasteiger charge is -2.22. The van der Waals surface area contributed by atoms with Gasteiger partial charge in [0.2, 0.25) is 0 Å². The summed E-state index contributed by atoms with van der Waals surface area (Å²) in [7, 11) is -3.07. The van der Waals surface area contributed by atoms with E-state index in [0.717, 1.165) is 25.7 Å². The molecule has 0 bridgehead atoms. The van der Waals surface area contributed by atoms with Crippen molar-refractivity contribution in [3.63, 3.8) is 0 Å². The molecular weight excluding hydrogens is 418 g/mol. The highest BCUT2D eigenvalue weighted by Crippen LogP contribution is 2.30. The second-order valence-electron chi connectivity index (χ2n) is 7.63. The number of nitrogens with one attached hydrogen (secondary N) is 1. The minimum Gasteiger partial charge on any atom is -0.452 e. The third-order valence-electron chi connectivity index (χ3n) is 5.33. The molecule has 1 aliphatic heterocycles. The molecule has 29 heavy (non-hydrogen) atoms. The highest BCUT2D eigenvalue weighted by Gasteiger charge is 2.31. The maximum Gasteiger partial charge on any atom is 0.331 e. The molecule has 1 saturated heterocycles. The molecule has 0 radical (unpaired) electrons. The first-order valence-corrected chi connectivity index (χ1v) is 12.0. The van der Waals surface area contributed by atoms with Crippen LogP contribution < -0.4 is 5.32 Å². The molecule has 8 nitrogen and oxygen atoms in total. The third-order valence-corrected chi connectivity index (χ3v) is 7.45. The van der Waals surface area contributed by atoms with Gasteiger partial charge in [0.25, 0.3) is 5.91 Å². The fourth-order valence-electron chi connectivity index (χ4n) is 3.78. The predicted octanol–water partition coefficient (Wildman–Crippen LogP) is 2.21. The molecule has 1 aromatic heterocycles. The first kappa shape index (κ1) is 21.8. The van der Waals surface area contributed by atoms with Gasteiger partial charge in [0.15, 0.2) is 16.4 Å². The zero-order valence-electron chi connectivity index (χ0n) is 16.4. The molecular formula is C19H26ClN3O5S. The van der Waals surface area contributed by atoms with Crippen molar-refractivity contribution < 1.29 is 22.7 Å². The summed E-state index contributed by atoms with van der Waals surface area (Å²) in [6.07, 6.45) is 8.46. The number of carbonyl (C=O) groups is 2. The lowest BCUT2D eigenvalue weighted by atomic mass is 9.95. The molecule has 10 heteroatoms. The van der Waals surface area contributed by atoms with Crippen molar-refractivity contribution in [3.05, 3.63) is 22.5 Å². The van der Waals surface area contributed by atoms with E-state index in [9.17, 15) is 18.0 Å². The molecule has 1 aromatic rings. The highest BCUT2D eigenvalue weighted by atomic mass is 35.5. The van der Waals surface area contributed by atoms with Crippen LogP contribution in [0.3, 0.4) is 0 Å². The van der Waals surface area contributed by atoms with Gasteiger partial charge in [-0.3, -0.25) is 4.79 Å². The lowest BCUT2D eigenvalue weighted by Crippen LogP contribution is -2.38. The zero-order chi connectivity index (χ0) is 21.0. The molecule has 0 aromatic carbocycles. The SMILES string of the molecule is Cc1nn([C@@H]2CCS(=O)(=O)C2)c(Cl)c1/C=C/C(=O)OCC(=O)NC1CCCCC1. The van der Waals surface area contributed by atoms with Crippen molar-refractivity contribution in [2.24, 2.45) is 0 Å². The molecule has 1 atom stereocenters. The number of sulfone groups is 1. The Morgan fingerprint density at radius 1 is 1.28 bits per heavy atom. The van der Waals surface area contributed by atoms with Gasteiger partial charge in [0.05, 0.1) is 23.2 Å². The second kappa shape index (κ2) is 9.30. The van der Waals surface area contributed by atoms with E-state index in [1.165, 1.54) is 23.3 Å². The van der Waals surface area contributed by atoms with Crippen LogP contribution in [0.2, 0.25) is 5.15 Å².